The number of halogens is 2. The number of rotatable bonds is 5. The van der Waals surface area contributed by atoms with Gasteiger partial charge in [0.25, 0.3) is 5.91 Å². The molecule has 25 heavy (non-hydrogen) atoms. The normalized spacial score (nSPS) is 10.9. The molecule has 0 atom stereocenters. The molecule has 0 spiro atoms. The van der Waals surface area contributed by atoms with Gasteiger partial charge in [-0.05, 0) is 61.4 Å². The van der Waals surface area contributed by atoms with Crippen LogP contribution in [0.5, 0.6) is 5.75 Å². The molecule has 0 aromatic heterocycles. The first-order valence-electron chi connectivity index (χ1n) is 7.55. The fourth-order valence-corrected chi connectivity index (χ4v) is 2.77. The Labute approximate surface area is 160 Å². The van der Waals surface area contributed by atoms with Crippen LogP contribution >= 0.6 is 27.5 Å². The van der Waals surface area contributed by atoms with E-state index in [0.29, 0.717) is 28.6 Å². The molecule has 2 aromatic rings. The van der Waals surface area contributed by atoms with E-state index in [1.807, 2.05) is 26.0 Å². The molecule has 0 aliphatic heterocycles. The highest BCUT2D eigenvalue weighted by Gasteiger charge is 2.11. The molecule has 1 amide bonds. The van der Waals surface area contributed by atoms with Crippen LogP contribution in [0.2, 0.25) is 5.02 Å². The Morgan fingerprint density at radius 1 is 1.36 bits per heavy atom. The van der Waals surface area contributed by atoms with Gasteiger partial charge in [-0.25, -0.2) is 0 Å². The smallest absolute Gasteiger partial charge is 0.266 e. The van der Waals surface area contributed by atoms with E-state index in [4.69, 9.17) is 16.3 Å². The highest BCUT2D eigenvalue weighted by molar-refractivity contribution is 9.10. The summed E-state index contributed by atoms with van der Waals surface area (Å²) < 4.78 is 6.26. The first kappa shape index (κ1) is 19.0. The molecule has 4 nitrogen and oxygen atoms in total. The third-order valence-corrected chi connectivity index (χ3v) is 4.18. The molecule has 2 aromatic carbocycles. The van der Waals surface area contributed by atoms with Crippen molar-refractivity contribution in [3.8, 4) is 11.8 Å². The molecule has 0 bridgehead atoms. The molecule has 0 aliphatic carbocycles. The molecule has 6 heteroatoms. The first-order valence-corrected chi connectivity index (χ1v) is 8.72. The monoisotopic (exact) mass is 418 g/mol. The molecule has 0 heterocycles. The summed E-state index contributed by atoms with van der Waals surface area (Å²) in [5, 5.41) is 12.6. The van der Waals surface area contributed by atoms with Gasteiger partial charge in [-0.1, -0.05) is 33.6 Å². The van der Waals surface area contributed by atoms with E-state index in [0.717, 1.165) is 10.0 Å². The van der Waals surface area contributed by atoms with Crippen molar-refractivity contribution in [3.63, 3.8) is 0 Å². The Hall–Kier alpha value is -2.29. The summed E-state index contributed by atoms with van der Waals surface area (Å²) >= 11 is 9.45. The Morgan fingerprint density at radius 2 is 2.12 bits per heavy atom. The fraction of sp³-hybridized carbons (Fsp3) is 0.158. The molecular weight excluding hydrogens is 404 g/mol. The third kappa shape index (κ3) is 5.35. The number of carbonyl (C=O) groups is 1. The summed E-state index contributed by atoms with van der Waals surface area (Å²) in [6.07, 6.45) is 1.51. The summed E-state index contributed by atoms with van der Waals surface area (Å²) in [7, 11) is 0. The van der Waals surface area contributed by atoms with E-state index in [2.05, 4.69) is 21.2 Å². The number of carbonyl (C=O) groups excluding carboxylic acids is 1. The number of nitrogens with one attached hydrogen (secondary N) is 1. The number of nitrogens with zero attached hydrogens (tertiary/aromatic N) is 1. The zero-order valence-corrected chi connectivity index (χ0v) is 16.1. The van der Waals surface area contributed by atoms with Crippen LogP contribution < -0.4 is 10.1 Å². The van der Waals surface area contributed by atoms with E-state index in [-0.39, 0.29) is 5.57 Å². The molecule has 0 aliphatic rings. The minimum Gasteiger partial charge on any atom is -0.494 e. The quantitative estimate of drug-likeness (QED) is 0.524. The zero-order valence-electron chi connectivity index (χ0n) is 13.8. The van der Waals surface area contributed by atoms with Crippen LogP contribution in [0.3, 0.4) is 0 Å². The molecule has 2 rings (SSSR count). The number of hydrogen-bond acceptors (Lipinski definition) is 3. The number of nitriles is 1. The van der Waals surface area contributed by atoms with Crippen molar-refractivity contribution < 1.29 is 9.53 Å². The summed E-state index contributed by atoms with van der Waals surface area (Å²) in [5.74, 6) is 0.159. The summed E-state index contributed by atoms with van der Waals surface area (Å²) in [5.41, 5.74) is 2.11. The highest BCUT2D eigenvalue weighted by atomic mass is 79.9. The van der Waals surface area contributed by atoms with Gasteiger partial charge in [-0.15, -0.1) is 0 Å². The lowest BCUT2D eigenvalue weighted by Gasteiger charge is -2.07. The second-order valence-electron chi connectivity index (χ2n) is 5.24. The molecule has 0 fully saturated rings. The second kappa shape index (κ2) is 8.70. The molecule has 0 radical (unpaired) electrons. The van der Waals surface area contributed by atoms with Crippen LogP contribution in [0.4, 0.5) is 5.69 Å². The topological polar surface area (TPSA) is 62.1 Å². The van der Waals surface area contributed by atoms with Crippen LogP contribution in [0.25, 0.3) is 6.08 Å². The van der Waals surface area contributed by atoms with E-state index in [1.54, 1.807) is 30.3 Å². The van der Waals surface area contributed by atoms with Crippen molar-refractivity contribution in [2.24, 2.45) is 0 Å². The van der Waals surface area contributed by atoms with Gasteiger partial charge in [0.2, 0.25) is 0 Å². The maximum absolute atomic E-state index is 12.4. The molecule has 128 valence electrons. The first-order chi connectivity index (χ1) is 11.9. The van der Waals surface area contributed by atoms with Crippen LogP contribution in [-0.2, 0) is 4.79 Å². The number of anilines is 1. The van der Waals surface area contributed by atoms with Crippen molar-refractivity contribution in [1.29, 1.82) is 5.26 Å². The minimum absolute atomic E-state index is 0.0164. The lowest BCUT2D eigenvalue weighted by atomic mass is 10.1. The van der Waals surface area contributed by atoms with Gasteiger partial charge in [0, 0.05) is 15.2 Å². The van der Waals surface area contributed by atoms with E-state index >= 15 is 0 Å². The van der Waals surface area contributed by atoms with E-state index < -0.39 is 5.91 Å². The van der Waals surface area contributed by atoms with Crippen LogP contribution in [0, 0.1) is 18.3 Å². The zero-order chi connectivity index (χ0) is 18.4. The number of amides is 1. The van der Waals surface area contributed by atoms with Gasteiger partial charge in [0.05, 0.1) is 6.61 Å². The van der Waals surface area contributed by atoms with Crippen LogP contribution in [-0.4, -0.2) is 12.5 Å². The standard InChI is InChI=1S/C19H16BrClN2O2/c1-3-25-17-8-13(7-15(20)9-17)6-14(11-22)19(24)23-16-5-4-12(2)18(21)10-16/h4-10H,3H2,1-2H3,(H,23,24)/b14-6+. The molecule has 0 saturated carbocycles. The number of aryl methyl sites for hydroxylation is 1. The predicted molar refractivity (Wildman–Crippen MR) is 104 cm³/mol. The van der Waals surface area contributed by atoms with Crippen LogP contribution in [0.15, 0.2) is 46.4 Å². The summed E-state index contributed by atoms with van der Waals surface area (Å²) in [4.78, 5) is 12.4. The average molecular weight is 420 g/mol. The van der Waals surface area contributed by atoms with Crippen molar-refractivity contribution in [1.82, 2.24) is 0 Å². The van der Waals surface area contributed by atoms with Crippen molar-refractivity contribution in [3.05, 3.63) is 62.6 Å². The highest BCUT2D eigenvalue weighted by Crippen LogP contribution is 2.24. The van der Waals surface area contributed by atoms with Gasteiger partial charge < -0.3 is 10.1 Å². The van der Waals surface area contributed by atoms with E-state index in [1.165, 1.54) is 6.08 Å². The van der Waals surface area contributed by atoms with Crippen molar-refractivity contribution in [2.45, 2.75) is 13.8 Å². The second-order valence-corrected chi connectivity index (χ2v) is 6.56. The van der Waals surface area contributed by atoms with Crippen LogP contribution in [0.1, 0.15) is 18.1 Å². The maximum atomic E-state index is 12.4. The largest absolute Gasteiger partial charge is 0.494 e. The van der Waals surface area contributed by atoms with Crippen molar-refractivity contribution >= 4 is 45.2 Å². The van der Waals surface area contributed by atoms with E-state index in [9.17, 15) is 10.1 Å². The van der Waals surface area contributed by atoms with Gasteiger partial charge >= 0.3 is 0 Å². The third-order valence-electron chi connectivity index (χ3n) is 3.31. The van der Waals surface area contributed by atoms with Crippen molar-refractivity contribution in [2.75, 3.05) is 11.9 Å². The molecular formula is C19H16BrClN2O2. The van der Waals surface area contributed by atoms with Gasteiger partial charge in [-0.3, -0.25) is 4.79 Å². The lowest BCUT2D eigenvalue weighted by Crippen LogP contribution is -2.13. The van der Waals surface area contributed by atoms with Gasteiger partial charge in [0.15, 0.2) is 0 Å². The fourth-order valence-electron chi connectivity index (χ4n) is 2.10. The Balaban J connectivity index is 2.26. The SMILES string of the molecule is CCOc1cc(Br)cc(/C=C(\C#N)C(=O)Nc2ccc(C)c(Cl)c2)c1. The average Bonchev–Trinajstić information content (AvgIpc) is 2.55. The molecule has 0 unspecified atom stereocenters. The summed E-state index contributed by atoms with van der Waals surface area (Å²) in [6.45, 7) is 4.29. The Morgan fingerprint density at radius 3 is 2.76 bits per heavy atom. The molecule has 0 saturated heterocycles. The Bertz CT molecular complexity index is 872. The summed E-state index contributed by atoms with van der Waals surface area (Å²) in [6, 6.07) is 12.5. The predicted octanol–water partition coefficient (Wildman–Crippen LogP) is 5.36. The number of ether oxygens (including phenoxy) is 1. The maximum Gasteiger partial charge on any atom is 0.266 e. The van der Waals surface area contributed by atoms with Gasteiger partial charge in [-0.2, -0.15) is 5.26 Å². The Kier molecular flexibility index (Phi) is 6.63. The molecule has 1 N–H and O–H groups in total. The lowest BCUT2D eigenvalue weighted by molar-refractivity contribution is -0.112. The minimum atomic E-state index is -0.500. The number of benzene rings is 2. The number of hydrogen-bond donors (Lipinski definition) is 1. The van der Waals surface area contributed by atoms with Gasteiger partial charge in [0.1, 0.15) is 17.4 Å².